The third kappa shape index (κ3) is 2.87. The quantitative estimate of drug-likeness (QED) is 0.627. The molecule has 0 amide bonds. The van der Waals surface area contributed by atoms with Crippen LogP contribution in [0.3, 0.4) is 0 Å². The molecule has 1 aliphatic heterocycles. The summed E-state index contributed by atoms with van der Waals surface area (Å²) < 4.78 is 11.8. The second-order valence-corrected chi connectivity index (χ2v) is 8.09. The highest BCUT2D eigenvalue weighted by atomic mass is 79.9. The maximum atomic E-state index is 11.8. The van der Waals surface area contributed by atoms with E-state index in [1.54, 1.807) is 20.3 Å². The Hall–Kier alpha value is -2.47. The van der Waals surface area contributed by atoms with Gasteiger partial charge in [-0.1, -0.05) is 18.2 Å². The van der Waals surface area contributed by atoms with Crippen LogP contribution in [-0.4, -0.2) is 25.3 Å². The average Bonchev–Trinajstić information content (AvgIpc) is 3.16. The number of aryl methyl sites for hydroxylation is 1. The fourth-order valence-corrected chi connectivity index (χ4v) is 5.11. The number of rotatable bonds is 4. The normalized spacial score (nSPS) is 22.2. The zero-order valence-corrected chi connectivity index (χ0v) is 17.5. The van der Waals surface area contributed by atoms with Crippen LogP contribution in [0.1, 0.15) is 45.4 Å². The van der Waals surface area contributed by atoms with Gasteiger partial charge in [0, 0.05) is 11.6 Å². The van der Waals surface area contributed by atoms with Gasteiger partial charge in [-0.2, -0.15) is 0 Å². The molecule has 5 nitrogen and oxygen atoms in total. The number of hydrogen-bond acceptors (Lipinski definition) is 4. The van der Waals surface area contributed by atoms with E-state index in [1.807, 2.05) is 19.1 Å². The molecule has 2 aromatic carbocycles. The van der Waals surface area contributed by atoms with Crippen molar-refractivity contribution in [2.45, 2.75) is 25.3 Å². The summed E-state index contributed by atoms with van der Waals surface area (Å²) in [6.07, 6.45) is 5.20. The molecule has 4 rings (SSSR count). The Labute approximate surface area is 172 Å². The van der Waals surface area contributed by atoms with Crippen molar-refractivity contribution >= 4 is 27.6 Å². The molecule has 0 unspecified atom stereocenters. The summed E-state index contributed by atoms with van der Waals surface area (Å²) in [6, 6.07) is 7.67. The molecule has 1 heterocycles. The van der Waals surface area contributed by atoms with E-state index in [1.165, 1.54) is 0 Å². The van der Waals surface area contributed by atoms with Gasteiger partial charge in [-0.25, -0.2) is 4.79 Å². The van der Waals surface area contributed by atoms with E-state index in [4.69, 9.17) is 9.47 Å². The minimum Gasteiger partial charge on any atom is -0.493 e. The molecule has 0 spiro atoms. The summed E-state index contributed by atoms with van der Waals surface area (Å²) in [6.45, 7) is 2.01. The molecule has 0 saturated heterocycles. The largest absolute Gasteiger partial charge is 0.493 e. The van der Waals surface area contributed by atoms with Gasteiger partial charge in [-0.05, 0) is 70.1 Å². The maximum Gasteiger partial charge on any atom is 0.336 e. The molecule has 0 radical (unpaired) electrons. The Balaban J connectivity index is 1.86. The molecule has 2 aliphatic rings. The van der Waals surface area contributed by atoms with Crippen LogP contribution < -0.4 is 14.8 Å². The third-order valence-electron chi connectivity index (χ3n) is 5.77. The van der Waals surface area contributed by atoms with Crippen molar-refractivity contribution in [2.75, 3.05) is 19.5 Å². The molecule has 28 heavy (non-hydrogen) atoms. The van der Waals surface area contributed by atoms with Crippen LogP contribution in [0.15, 0.2) is 40.9 Å². The van der Waals surface area contributed by atoms with E-state index in [0.717, 1.165) is 33.3 Å². The number of nitrogens with one attached hydrogen (secondary N) is 1. The van der Waals surface area contributed by atoms with Crippen LogP contribution in [0, 0.1) is 12.8 Å². The van der Waals surface area contributed by atoms with Gasteiger partial charge in [0.1, 0.15) is 0 Å². The van der Waals surface area contributed by atoms with Gasteiger partial charge >= 0.3 is 5.97 Å². The molecule has 3 atom stereocenters. The van der Waals surface area contributed by atoms with E-state index in [2.05, 4.69) is 39.5 Å². The minimum atomic E-state index is -0.885. The number of hydrogen-bond donors (Lipinski definition) is 2. The van der Waals surface area contributed by atoms with Gasteiger partial charge in [0.15, 0.2) is 11.5 Å². The van der Waals surface area contributed by atoms with Crippen molar-refractivity contribution in [1.82, 2.24) is 0 Å². The fourth-order valence-electron chi connectivity index (χ4n) is 4.49. The molecule has 6 heteroatoms. The Morgan fingerprint density at radius 1 is 1.25 bits per heavy atom. The number of benzene rings is 2. The van der Waals surface area contributed by atoms with Crippen LogP contribution >= 0.6 is 15.9 Å². The SMILES string of the molecule is COc1cc([C@@H]2Nc3c(C)ccc(C(=O)O)c3[C@H]3C=CC[C@H]32)cc(Br)c1OC. The number of carboxylic acids is 1. The maximum absolute atomic E-state index is 11.8. The van der Waals surface area contributed by atoms with E-state index in [9.17, 15) is 9.90 Å². The highest BCUT2D eigenvalue weighted by Crippen LogP contribution is 2.53. The third-order valence-corrected chi connectivity index (χ3v) is 6.36. The summed E-state index contributed by atoms with van der Waals surface area (Å²) in [5.41, 5.74) is 4.31. The molecule has 0 bridgehead atoms. The van der Waals surface area contributed by atoms with Gasteiger partial charge in [0.25, 0.3) is 0 Å². The van der Waals surface area contributed by atoms with E-state index in [0.29, 0.717) is 17.1 Å². The molecular formula is C22H22BrNO4. The first-order valence-electron chi connectivity index (χ1n) is 9.17. The van der Waals surface area contributed by atoms with Gasteiger partial charge in [-0.3, -0.25) is 0 Å². The average molecular weight is 444 g/mol. The zero-order valence-electron chi connectivity index (χ0n) is 16.0. The van der Waals surface area contributed by atoms with Crippen molar-refractivity contribution in [2.24, 2.45) is 5.92 Å². The van der Waals surface area contributed by atoms with Crippen LogP contribution in [0.5, 0.6) is 11.5 Å². The first kappa shape index (κ1) is 18.9. The van der Waals surface area contributed by atoms with E-state index < -0.39 is 5.97 Å². The number of ether oxygens (including phenoxy) is 2. The summed E-state index contributed by atoms with van der Waals surface area (Å²) in [5, 5.41) is 13.4. The lowest BCUT2D eigenvalue weighted by atomic mass is 9.74. The Morgan fingerprint density at radius 2 is 2.04 bits per heavy atom. The number of methoxy groups -OCH3 is 2. The number of fused-ring (bicyclic) bond motifs is 3. The van der Waals surface area contributed by atoms with Crippen molar-refractivity contribution in [1.29, 1.82) is 0 Å². The van der Waals surface area contributed by atoms with Crippen LogP contribution in [0.25, 0.3) is 0 Å². The lowest BCUT2D eigenvalue weighted by Gasteiger charge is -2.39. The Kier molecular flexibility index (Phi) is 4.83. The number of carbonyl (C=O) groups is 1. The van der Waals surface area contributed by atoms with Crippen LogP contribution in [-0.2, 0) is 0 Å². The predicted octanol–water partition coefficient (Wildman–Crippen LogP) is 5.30. The lowest BCUT2D eigenvalue weighted by Crippen LogP contribution is -2.31. The van der Waals surface area contributed by atoms with Gasteiger partial charge in [-0.15, -0.1) is 0 Å². The molecule has 1 aliphatic carbocycles. The van der Waals surface area contributed by atoms with Gasteiger partial charge in [0.05, 0.1) is 30.3 Å². The highest BCUT2D eigenvalue weighted by molar-refractivity contribution is 9.10. The molecule has 146 valence electrons. The molecule has 2 N–H and O–H groups in total. The van der Waals surface area contributed by atoms with Crippen molar-refractivity contribution in [3.8, 4) is 11.5 Å². The number of halogens is 1. The van der Waals surface area contributed by atoms with Crippen molar-refractivity contribution in [3.05, 3.63) is 63.1 Å². The number of allylic oxidation sites excluding steroid dienone is 2. The molecule has 2 aromatic rings. The summed E-state index contributed by atoms with van der Waals surface area (Å²) >= 11 is 3.59. The minimum absolute atomic E-state index is 0.0337. The Bertz CT molecular complexity index is 985. The zero-order chi connectivity index (χ0) is 20.0. The van der Waals surface area contributed by atoms with Crippen molar-refractivity contribution < 1.29 is 19.4 Å². The topological polar surface area (TPSA) is 67.8 Å². The van der Waals surface area contributed by atoms with Crippen LogP contribution in [0.2, 0.25) is 0 Å². The van der Waals surface area contributed by atoms with Crippen LogP contribution in [0.4, 0.5) is 5.69 Å². The van der Waals surface area contributed by atoms with E-state index >= 15 is 0 Å². The van der Waals surface area contributed by atoms with Gasteiger partial charge < -0.3 is 19.9 Å². The summed E-state index contributed by atoms with van der Waals surface area (Å²) in [5.74, 6) is 0.742. The van der Waals surface area contributed by atoms with Crippen molar-refractivity contribution in [3.63, 3.8) is 0 Å². The second kappa shape index (κ2) is 7.17. The standard InChI is InChI=1S/C22H22BrNO4/c1-11-7-8-15(22(25)26)18-13-5-4-6-14(13)20(24-19(11)18)12-9-16(23)21(28-3)17(10-12)27-2/h4-5,7-10,13-14,20,24H,6H2,1-3H3,(H,25,26)/t13-,14+,20-/m0/s1. The first-order chi connectivity index (χ1) is 13.5. The number of carboxylic acid groups (broad SMARTS) is 1. The Morgan fingerprint density at radius 3 is 2.71 bits per heavy atom. The summed E-state index contributed by atoms with van der Waals surface area (Å²) in [4.78, 5) is 11.8. The lowest BCUT2D eigenvalue weighted by molar-refractivity contribution is 0.0695. The fraction of sp³-hybridized carbons (Fsp3) is 0.318. The molecular weight excluding hydrogens is 422 g/mol. The highest BCUT2D eigenvalue weighted by Gasteiger charge is 2.41. The molecule has 0 aromatic heterocycles. The number of aromatic carboxylic acids is 1. The van der Waals surface area contributed by atoms with E-state index in [-0.39, 0.29) is 17.9 Å². The predicted molar refractivity (Wildman–Crippen MR) is 112 cm³/mol. The number of anilines is 1. The second-order valence-electron chi connectivity index (χ2n) is 7.24. The molecule has 0 fully saturated rings. The summed E-state index contributed by atoms with van der Waals surface area (Å²) in [7, 11) is 3.24. The smallest absolute Gasteiger partial charge is 0.336 e. The van der Waals surface area contributed by atoms with Gasteiger partial charge in [0.2, 0.25) is 0 Å². The molecule has 0 saturated carbocycles. The first-order valence-corrected chi connectivity index (χ1v) is 9.97. The monoisotopic (exact) mass is 443 g/mol.